The molecule has 0 aliphatic carbocycles. The van der Waals surface area contributed by atoms with E-state index in [0.717, 1.165) is 18.2 Å². The topological polar surface area (TPSA) is 47.9 Å². The SMILES string of the molecule is O=C1OC(c2cccc(OC(F)F)c2)=N/C1=C\c1ccc(F)cc1F. The molecule has 0 atom stereocenters. The molecule has 0 amide bonds. The largest absolute Gasteiger partial charge is 0.435 e. The number of alkyl halides is 2. The van der Waals surface area contributed by atoms with Crippen LogP contribution in [0.3, 0.4) is 0 Å². The van der Waals surface area contributed by atoms with E-state index in [-0.39, 0.29) is 28.5 Å². The van der Waals surface area contributed by atoms with Crippen LogP contribution in [-0.2, 0) is 9.53 Å². The highest BCUT2D eigenvalue weighted by Crippen LogP contribution is 2.23. The summed E-state index contributed by atoms with van der Waals surface area (Å²) in [6.07, 6.45) is 1.10. The third kappa shape index (κ3) is 3.85. The molecule has 0 unspecified atom stereocenters. The molecule has 0 fully saturated rings. The molecule has 128 valence electrons. The lowest BCUT2D eigenvalue weighted by Crippen LogP contribution is -2.07. The van der Waals surface area contributed by atoms with Crippen LogP contribution in [0.4, 0.5) is 17.6 Å². The summed E-state index contributed by atoms with van der Waals surface area (Å²) in [5.41, 5.74) is -0.0247. The van der Waals surface area contributed by atoms with Crippen LogP contribution in [0.1, 0.15) is 11.1 Å². The third-order valence-corrected chi connectivity index (χ3v) is 3.18. The van der Waals surface area contributed by atoms with Crippen molar-refractivity contribution in [2.45, 2.75) is 6.61 Å². The zero-order chi connectivity index (χ0) is 18.0. The number of hydrogen-bond donors (Lipinski definition) is 0. The molecule has 1 aliphatic rings. The second-order valence-corrected chi connectivity index (χ2v) is 4.91. The molecule has 0 saturated heterocycles. The Morgan fingerprint density at radius 1 is 1.12 bits per heavy atom. The average molecular weight is 351 g/mol. The first-order chi connectivity index (χ1) is 11.9. The highest BCUT2D eigenvalue weighted by molar-refractivity contribution is 6.12. The van der Waals surface area contributed by atoms with Gasteiger partial charge < -0.3 is 9.47 Å². The molecular weight excluding hydrogens is 342 g/mol. The molecule has 4 nitrogen and oxygen atoms in total. The van der Waals surface area contributed by atoms with Crippen LogP contribution in [-0.4, -0.2) is 18.5 Å². The second kappa shape index (κ2) is 6.76. The Balaban J connectivity index is 1.91. The van der Waals surface area contributed by atoms with E-state index in [2.05, 4.69) is 9.73 Å². The number of cyclic esters (lactones) is 1. The number of carbonyl (C=O) groups is 1. The number of esters is 1. The number of hydrogen-bond acceptors (Lipinski definition) is 4. The molecule has 3 rings (SSSR count). The summed E-state index contributed by atoms with van der Waals surface area (Å²) in [6, 6.07) is 8.28. The van der Waals surface area contributed by atoms with Crippen LogP contribution in [0.2, 0.25) is 0 Å². The van der Waals surface area contributed by atoms with Crippen molar-refractivity contribution >= 4 is 17.9 Å². The van der Waals surface area contributed by atoms with Crippen molar-refractivity contribution in [2.75, 3.05) is 0 Å². The van der Waals surface area contributed by atoms with Gasteiger partial charge in [0.15, 0.2) is 5.70 Å². The van der Waals surface area contributed by atoms with E-state index in [1.807, 2.05) is 0 Å². The van der Waals surface area contributed by atoms with Gasteiger partial charge in [0.1, 0.15) is 17.4 Å². The van der Waals surface area contributed by atoms with Gasteiger partial charge in [-0.2, -0.15) is 8.78 Å². The van der Waals surface area contributed by atoms with Gasteiger partial charge in [-0.25, -0.2) is 18.6 Å². The number of nitrogens with zero attached hydrogens (tertiary/aromatic N) is 1. The van der Waals surface area contributed by atoms with Crippen molar-refractivity contribution in [1.29, 1.82) is 0 Å². The van der Waals surface area contributed by atoms with Gasteiger partial charge in [0.25, 0.3) is 0 Å². The van der Waals surface area contributed by atoms with Crippen LogP contribution >= 0.6 is 0 Å². The number of ether oxygens (including phenoxy) is 2. The highest BCUT2D eigenvalue weighted by atomic mass is 19.3. The fraction of sp³-hybridized carbons (Fsp3) is 0.0588. The van der Waals surface area contributed by atoms with Gasteiger partial charge in [0.2, 0.25) is 5.90 Å². The number of carbonyl (C=O) groups excluding carboxylic acids is 1. The summed E-state index contributed by atoms with van der Waals surface area (Å²) >= 11 is 0. The Labute approximate surface area is 139 Å². The zero-order valence-corrected chi connectivity index (χ0v) is 12.4. The van der Waals surface area contributed by atoms with Crippen molar-refractivity contribution in [1.82, 2.24) is 0 Å². The molecule has 0 spiro atoms. The molecule has 8 heteroatoms. The van der Waals surface area contributed by atoms with Gasteiger partial charge in [-0.3, -0.25) is 0 Å². The molecule has 2 aromatic carbocycles. The van der Waals surface area contributed by atoms with E-state index in [1.54, 1.807) is 0 Å². The van der Waals surface area contributed by atoms with Crippen molar-refractivity contribution in [3.8, 4) is 5.75 Å². The van der Waals surface area contributed by atoms with Crippen LogP contribution in [0.5, 0.6) is 5.75 Å². The van der Waals surface area contributed by atoms with E-state index in [0.29, 0.717) is 6.07 Å². The van der Waals surface area contributed by atoms with Crippen LogP contribution in [0.25, 0.3) is 6.08 Å². The van der Waals surface area contributed by atoms with Crippen LogP contribution in [0.15, 0.2) is 53.2 Å². The van der Waals surface area contributed by atoms with Gasteiger partial charge in [-0.15, -0.1) is 0 Å². The predicted molar refractivity (Wildman–Crippen MR) is 80.0 cm³/mol. The Bertz CT molecular complexity index is 893. The second-order valence-electron chi connectivity index (χ2n) is 4.91. The predicted octanol–water partition coefficient (Wildman–Crippen LogP) is 3.91. The van der Waals surface area contributed by atoms with Crippen molar-refractivity contribution in [2.24, 2.45) is 4.99 Å². The molecule has 1 heterocycles. The molecule has 2 aromatic rings. The minimum atomic E-state index is -3.00. The van der Waals surface area contributed by atoms with E-state index < -0.39 is 24.2 Å². The summed E-state index contributed by atoms with van der Waals surface area (Å²) in [7, 11) is 0. The lowest BCUT2D eigenvalue weighted by Gasteiger charge is -2.05. The van der Waals surface area contributed by atoms with Gasteiger partial charge >= 0.3 is 12.6 Å². The maximum atomic E-state index is 13.7. The minimum absolute atomic E-state index is 0.0480. The summed E-state index contributed by atoms with van der Waals surface area (Å²) in [5.74, 6) is -2.74. The lowest BCUT2D eigenvalue weighted by molar-refractivity contribution is -0.129. The number of aliphatic imine (C=N–C) groups is 1. The number of benzene rings is 2. The first kappa shape index (κ1) is 16.7. The fourth-order valence-electron chi connectivity index (χ4n) is 2.10. The summed E-state index contributed by atoms with van der Waals surface area (Å²) in [5, 5.41) is 0. The quantitative estimate of drug-likeness (QED) is 0.477. The first-order valence-electron chi connectivity index (χ1n) is 6.95. The molecule has 0 aromatic heterocycles. The van der Waals surface area contributed by atoms with E-state index in [9.17, 15) is 22.4 Å². The van der Waals surface area contributed by atoms with Gasteiger partial charge in [0, 0.05) is 17.2 Å². The van der Waals surface area contributed by atoms with Crippen molar-refractivity contribution in [3.05, 3.63) is 70.9 Å². The maximum absolute atomic E-state index is 13.7. The van der Waals surface area contributed by atoms with Crippen molar-refractivity contribution < 1.29 is 31.8 Å². The van der Waals surface area contributed by atoms with E-state index >= 15 is 0 Å². The fourth-order valence-corrected chi connectivity index (χ4v) is 2.10. The summed E-state index contributed by atoms with van der Waals surface area (Å²) in [6.45, 7) is -3.00. The summed E-state index contributed by atoms with van der Waals surface area (Å²) in [4.78, 5) is 15.8. The van der Waals surface area contributed by atoms with Crippen LogP contribution in [0, 0.1) is 11.6 Å². The standard InChI is InChI=1S/C17H9F4NO3/c18-11-5-4-9(13(19)8-11)7-14-16(23)25-15(22-14)10-2-1-3-12(6-10)24-17(20)21/h1-8,17H/b14-7-. The van der Waals surface area contributed by atoms with Crippen molar-refractivity contribution in [3.63, 3.8) is 0 Å². The normalized spacial score (nSPS) is 15.5. The monoisotopic (exact) mass is 351 g/mol. The molecule has 0 radical (unpaired) electrons. The average Bonchev–Trinajstić information content (AvgIpc) is 2.91. The van der Waals surface area contributed by atoms with E-state index in [1.165, 1.54) is 24.3 Å². The summed E-state index contributed by atoms with van der Waals surface area (Å²) < 4.78 is 60.3. The Kier molecular flexibility index (Phi) is 4.51. The zero-order valence-electron chi connectivity index (χ0n) is 12.4. The Hall–Kier alpha value is -3.16. The van der Waals surface area contributed by atoms with Crippen LogP contribution < -0.4 is 4.74 Å². The molecular formula is C17H9F4NO3. The Morgan fingerprint density at radius 3 is 2.64 bits per heavy atom. The lowest BCUT2D eigenvalue weighted by atomic mass is 10.2. The molecule has 0 saturated carbocycles. The smallest absolute Gasteiger partial charge is 0.387 e. The van der Waals surface area contributed by atoms with E-state index in [4.69, 9.17) is 4.74 Å². The number of rotatable bonds is 4. The minimum Gasteiger partial charge on any atom is -0.435 e. The number of halogens is 4. The molecule has 0 N–H and O–H groups in total. The molecule has 0 bridgehead atoms. The highest BCUT2D eigenvalue weighted by Gasteiger charge is 2.25. The van der Waals surface area contributed by atoms with Gasteiger partial charge in [-0.1, -0.05) is 6.07 Å². The first-order valence-corrected chi connectivity index (χ1v) is 6.95. The maximum Gasteiger partial charge on any atom is 0.387 e. The molecule has 1 aliphatic heterocycles. The molecule has 25 heavy (non-hydrogen) atoms. The Morgan fingerprint density at radius 2 is 1.92 bits per heavy atom. The third-order valence-electron chi connectivity index (χ3n) is 3.18. The van der Waals surface area contributed by atoms with Gasteiger partial charge in [-0.05, 0) is 36.4 Å². The van der Waals surface area contributed by atoms with Gasteiger partial charge in [0.05, 0.1) is 0 Å².